The van der Waals surface area contributed by atoms with Crippen LogP contribution in [-0.4, -0.2) is 56.6 Å². The zero-order valence-electron chi connectivity index (χ0n) is 24.6. The number of fused-ring (bicyclic) bond motifs is 2. The molecule has 0 radical (unpaired) electrons. The number of aromatic amines is 1. The minimum atomic E-state index is -0.301. The average molecular weight is 555 g/mol. The Morgan fingerprint density at radius 2 is 1.76 bits per heavy atom. The van der Waals surface area contributed by atoms with Crippen LogP contribution in [0.3, 0.4) is 0 Å². The Hall–Kier alpha value is -3.78. The van der Waals surface area contributed by atoms with Crippen molar-refractivity contribution < 1.29 is 9.13 Å². The summed E-state index contributed by atoms with van der Waals surface area (Å²) in [6.45, 7) is 7.79. The van der Waals surface area contributed by atoms with Crippen LogP contribution in [0.2, 0.25) is 0 Å². The van der Waals surface area contributed by atoms with Crippen molar-refractivity contribution >= 4 is 5.82 Å². The number of nitrogens with one attached hydrogen (secondary N) is 1. The number of nitrogens with zero attached hydrogens (tertiary/aromatic N) is 5. The summed E-state index contributed by atoms with van der Waals surface area (Å²) < 4.78 is 20.4. The largest absolute Gasteiger partial charge is 0.497 e. The maximum Gasteiger partial charge on any atom is 0.151 e. The molecular weight excluding hydrogens is 515 g/mol. The smallest absolute Gasteiger partial charge is 0.151 e. The number of aryl methyl sites for hydroxylation is 1. The van der Waals surface area contributed by atoms with E-state index in [2.05, 4.69) is 75.4 Å². The van der Waals surface area contributed by atoms with Crippen LogP contribution in [-0.2, 0) is 6.54 Å². The zero-order valence-corrected chi connectivity index (χ0v) is 24.6. The Morgan fingerprint density at radius 1 is 1.02 bits per heavy atom. The Labute approximate surface area is 241 Å². The predicted molar refractivity (Wildman–Crippen MR) is 160 cm³/mol. The van der Waals surface area contributed by atoms with E-state index in [1.807, 2.05) is 25.1 Å². The van der Waals surface area contributed by atoms with Crippen molar-refractivity contribution in [1.29, 1.82) is 0 Å². The molecule has 0 spiro atoms. The van der Waals surface area contributed by atoms with Gasteiger partial charge < -0.3 is 9.64 Å². The summed E-state index contributed by atoms with van der Waals surface area (Å²) in [6.07, 6.45) is 9.09. The number of H-pyrrole nitrogens is 1. The number of benzene rings is 2. The predicted octanol–water partition coefficient (Wildman–Crippen LogP) is 6.79. The van der Waals surface area contributed by atoms with E-state index in [1.165, 1.54) is 24.8 Å². The second-order valence-electron chi connectivity index (χ2n) is 12.4. The Morgan fingerprint density at radius 3 is 2.37 bits per heavy atom. The van der Waals surface area contributed by atoms with Crippen LogP contribution in [0.25, 0.3) is 22.4 Å². The van der Waals surface area contributed by atoms with Gasteiger partial charge >= 0.3 is 0 Å². The van der Waals surface area contributed by atoms with Gasteiger partial charge in [-0.25, -0.2) is 4.39 Å². The molecule has 3 atom stereocenters. The van der Waals surface area contributed by atoms with Gasteiger partial charge in [-0.2, -0.15) is 5.10 Å². The number of methoxy groups -OCH3 is 1. The van der Waals surface area contributed by atoms with Crippen LogP contribution in [0, 0.1) is 12.7 Å². The summed E-state index contributed by atoms with van der Waals surface area (Å²) in [6, 6.07) is 16.2. The second-order valence-corrected chi connectivity index (χ2v) is 12.4. The Bertz CT molecular complexity index is 1490. The summed E-state index contributed by atoms with van der Waals surface area (Å²) in [7, 11) is 3.85. The van der Waals surface area contributed by atoms with Crippen molar-refractivity contribution in [3.05, 3.63) is 77.9 Å². The first-order valence-electron chi connectivity index (χ1n) is 14.5. The molecule has 2 aliphatic rings. The lowest BCUT2D eigenvalue weighted by Gasteiger charge is -2.62. The van der Waals surface area contributed by atoms with Gasteiger partial charge in [0.05, 0.1) is 19.0 Å². The highest BCUT2D eigenvalue weighted by atomic mass is 19.1. The summed E-state index contributed by atoms with van der Waals surface area (Å²) in [5, 5.41) is 15.9. The van der Waals surface area contributed by atoms with Crippen molar-refractivity contribution in [2.45, 2.75) is 76.5 Å². The van der Waals surface area contributed by atoms with Gasteiger partial charge in [0.25, 0.3) is 0 Å². The van der Waals surface area contributed by atoms with E-state index in [4.69, 9.17) is 4.74 Å². The molecule has 0 amide bonds. The molecule has 2 saturated heterocycles. The van der Waals surface area contributed by atoms with E-state index in [-0.39, 0.29) is 16.9 Å². The highest BCUT2D eigenvalue weighted by molar-refractivity contribution is 5.72. The zero-order chi connectivity index (χ0) is 28.8. The lowest BCUT2D eigenvalue weighted by atomic mass is 9.66. The van der Waals surface area contributed by atoms with Gasteiger partial charge in [-0.15, -0.1) is 10.2 Å². The molecule has 7 nitrogen and oxygen atoms in total. The van der Waals surface area contributed by atoms with Gasteiger partial charge in [0, 0.05) is 53.6 Å². The van der Waals surface area contributed by atoms with Crippen LogP contribution in [0.5, 0.6) is 5.75 Å². The first-order chi connectivity index (χ1) is 19.7. The van der Waals surface area contributed by atoms with E-state index < -0.39 is 0 Å². The number of hydrogen-bond acceptors (Lipinski definition) is 6. The van der Waals surface area contributed by atoms with Gasteiger partial charge in [-0.3, -0.25) is 10.00 Å². The monoisotopic (exact) mass is 554 g/mol. The second kappa shape index (κ2) is 10.6. The van der Waals surface area contributed by atoms with Crippen molar-refractivity contribution in [2.24, 2.45) is 0 Å². The van der Waals surface area contributed by atoms with E-state index >= 15 is 4.39 Å². The number of halogens is 1. The molecule has 2 bridgehead atoms. The molecule has 1 unspecified atom stereocenters. The molecule has 4 aromatic rings. The normalized spacial score (nSPS) is 24.3. The molecule has 8 heteroatoms. The first-order valence-corrected chi connectivity index (χ1v) is 14.5. The SMILES string of the molecule is COc1ccc(CN2[C@@]3(C)CCC[C@]2(C)CC(N(C)c2ccc(-c4cc(F)c(-c5cn[nH]c5)cc4C)nn2)C3)cc1. The minimum Gasteiger partial charge on any atom is -0.497 e. The molecule has 1 N–H and O–H groups in total. The van der Waals surface area contributed by atoms with Crippen LogP contribution in [0.4, 0.5) is 10.2 Å². The number of anilines is 1. The number of hydrogen-bond donors (Lipinski definition) is 1. The van der Waals surface area contributed by atoms with E-state index in [1.54, 1.807) is 25.6 Å². The lowest BCUT2D eigenvalue weighted by Crippen LogP contribution is -2.67. The van der Waals surface area contributed by atoms with Crippen LogP contribution < -0.4 is 9.64 Å². The Kier molecular flexibility index (Phi) is 7.06. The number of aromatic nitrogens is 4. The summed E-state index contributed by atoms with van der Waals surface area (Å²) in [4.78, 5) is 5.06. The summed E-state index contributed by atoms with van der Waals surface area (Å²) >= 11 is 0. The highest BCUT2D eigenvalue weighted by Crippen LogP contribution is 2.50. The Balaban J connectivity index is 1.20. The molecule has 0 aliphatic carbocycles. The molecule has 2 fully saturated rings. The fourth-order valence-corrected chi connectivity index (χ4v) is 7.27. The van der Waals surface area contributed by atoms with Crippen molar-refractivity contribution in [2.75, 3.05) is 19.1 Å². The van der Waals surface area contributed by atoms with Gasteiger partial charge in [0.2, 0.25) is 0 Å². The topological polar surface area (TPSA) is 70.2 Å². The number of rotatable bonds is 7. The fraction of sp³-hybridized carbons (Fsp3) is 0.424. The third kappa shape index (κ3) is 5.10. The molecule has 41 heavy (non-hydrogen) atoms. The maximum absolute atomic E-state index is 15.0. The number of piperidine rings is 2. The lowest BCUT2D eigenvalue weighted by molar-refractivity contribution is -0.0976. The van der Waals surface area contributed by atoms with E-state index in [9.17, 15) is 0 Å². The molecule has 0 saturated carbocycles. The van der Waals surface area contributed by atoms with Crippen molar-refractivity contribution in [3.8, 4) is 28.1 Å². The van der Waals surface area contributed by atoms with Gasteiger partial charge in [0.1, 0.15) is 11.6 Å². The van der Waals surface area contributed by atoms with Crippen LogP contribution in [0.15, 0.2) is 60.9 Å². The van der Waals surface area contributed by atoms with Crippen molar-refractivity contribution in [1.82, 2.24) is 25.3 Å². The maximum atomic E-state index is 15.0. The minimum absolute atomic E-state index is 0.100. The third-order valence-corrected chi connectivity index (χ3v) is 9.54. The summed E-state index contributed by atoms with van der Waals surface area (Å²) in [5.41, 5.74) is 5.13. The van der Waals surface area contributed by atoms with Gasteiger partial charge in [-0.1, -0.05) is 12.1 Å². The summed E-state index contributed by atoms with van der Waals surface area (Å²) in [5.74, 6) is 1.44. The third-order valence-electron chi connectivity index (χ3n) is 9.54. The molecule has 2 aromatic carbocycles. The highest BCUT2D eigenvalue weighted by Gasteiger charge is 2.53. The van der Waals surface area contributed by atoms with Crippen LogP contribution in [0.1, 0.15) is 57.1 Å². The fourth-order valence-electron chi connectivity index (χ4n) is 7.27. The molecular formula is C33H39FN6O. The molecule has 214 valence electrons. The molecule has 6 rings (SSSR count). The number of ether oxygens (including phenoxy) is 1. The van der Waals surface area contributed by atoms with Crippen molar-refractivity contribution in [3.63, 3.8) is 0 Å². The van der Waals surface area contributed by atoms with Gasteiger partial charge in [-0.05, 0) is 100 Å². The molecule has 4 heterocycles. The standard InChI is InChI=1S/C33H39FN6O/c1-22-15-28(24-19-35-36-20-24)29(34)16-27(22)30-11-12-31(38-37-30)39(4)25-17-32(2)13-6-14-33(3,18-25)40(32)21-23-7-9-26(41-5)10-8-23/h7-12,15-16,19-20,25H,6,13-14,17-18,21H2,1-5H3,(H,35,36)/t25?,32-,33+. The quantitative estimate of drug-likeness (QED) is 0.271. The molecule has 2 aliphatic heterocycles. The van der Waals surface area contributed by atoms with E-state index in [0.29, 0.717) is 17.3 Å². The molecule has 2 aromatic heterocycles. The van der Waals surface area contributed by atoms with Gasteiger partial charge in [0.15, 0.2) is 5.82 Å². The van der Waals surface area contributed by atoms with E-state index in [0.717, 1.165) is 47.6 Å². The first kappa shape index (κ1) is 27.4. The van der Waals surface area contributed by atoms with Crippen LogP contribution >= 0.6 is 0 Å². The average Bonchev–Trinajstić information content (AvgIpc) is 3.50.